The predicted molar refractivity (Wildman–Crippen MR) is 96.1 cm³/mol. The van der Waals surface area contributed by atoms with Crippen LogP contribution in [0.15, 0.2) is 36.7 Å². The van der Waals surface area contributed by atoms with Gasteiger partial charge in [0.05, 0.1) is 29.6 Å². The fourth-order valence-corrected chi connectivity index (χ4v) is 3.54. The molecule has 1 saturated carbocycles. The van der Waals surface area contributed by atoms with Crippen LogP contribution in [-0.4, -0.2) is 52.4 Å². The molecule has 136 valence electrons. The summed E-state index contributed by atoms with van der Waals surface area (Å²) in [4.78, 5) is 26.5. The number of hydrogen-bond acceptors (Lipinski definition) is 5. The van der Waals surface area contributed by atoms with E-state index in [1.807, 2.05) is 18.0 Å². The molecule has 8 nitrogen and oxygen atoms in total. The molecule has 0 saturated heterocycles. The van der Waals surface area contributed by atoms with E-state index in [0.717, 1.165) is 5.69 Å². The van der Waals surface area contributed by atoms with Gasteiger partial charge >= 0.3 is 0 Å². The quantitative estimate of drug-likeness (QED) is 0.755. The Balaban J connectivity index is 1.51. The number of carbonyl (C=O) groups is 2. The van der Waals surface area contributed by atoms with E-state index in [4.69, 9.17) is 0 Å². The molecule has 0 spiro atoms. The number of nitrogens with one attached hydrogen (secondary N) is 2. The Kier molecular flexibility index (Phi) is 4.12. The maximum atomic E-state index is 12.7. The maximum absolute atomic E-state index is 12.7. The Morgan fingerprint density at radius 1 is 1.42 bits per heavy atom. The molecular formula is C18H21N5O3. The van der Waals surface area contributed by atoms with Gasteiger partial charge < -0.3 is 20.6 Å². The fraction of sp³-hybridized carbons (Fsp3) is 0.389. The van der Waals surface area contributed by atoms with Gasteiger partial charge in [0, 0.05) is 38.0 Å². The summed E-state index contributed by atoms with van der Waals surface area (Å²) in [5, 5.41) is 20.0. The monoisotopic (exact) mass is 355 g/mol. The Hall–Kier alpha value is -2.87. The lowest BCUT2D eigenvalue weighted by atomic mass is 9.83. The molecule has 3 N–H and O–H groups in total. The average molecular weight is 355 g/mol. The zero-order valence-electron chi connectivity index (χ0n) is 14.4. The van der Waals surface area contributed by atoms with E-state index >= 15 is 0 Å². The Morgan fingerprint density at radius 3 is 3.00 bits per heavy atom. The van der Waals surface area contributed by atoms with E-state index in [-0.39, 0.29) is 23.9 Å². The SMILES string of the molecule is CN1CCC(=O)Nc2cc(C(=O)N[C@H]3C[C@@H](O)[C@@H]3n3cccn3)ccc21. The third kappa shape index (κ3) is 2.92. The number of rotatable bonds is 3. The molecular weight excluding hydrogens is 334 g/mol. The van der Waals surface area contributed by atoms with Crippen LogP contribution >= 0.6 is 0 Å². The second kappa shape index (κ2) is 6.45. The molecule has 3 atom stereocenters. The van der Waals surface area contributed by atoms with E-state index in [2.05, 4.69) is 15.7 Å². The summed E-state index contributed by atoms with van der Waals surface area (Å²) in [5.41, 5.74) is 2.00. The van der Waals surface area contributed by atoms with Gasteiger partial charge in [-0.15, -0.1) is 0 Å². The number of anilines is 2. The predicted octanol–water partition coefficient (Wildman–Crippen LogP) is 0.766. The molecule has 8 heteroatoms. The second-order valence-electron chi connectivity index (χ2n) is 6.81. The van der Waals surface area contributed by atoms with Gasteiger partial charge in [-0.1, -0.05) is 0 Å². The zero-order valence-corrected chi connectivity index (χ0v) is 14.4. The highest BCUT2D eigenvalue weighted by Gasteiger charge is 2.42. The van der Waals surface area contributed by atoms with E-state index in [9.17, 15) is 14.7 Å². The minimum absolute atomic E-state index is 0.0611. The van der Waals surface area contributed by atoms with Crippen LogP contribution in [0, 0.1) is 0 Å². The lowest BCUT2D eigenvalue weighted by Crippen LogP contribution is -2.56. The lowest BCUT2D eigenvalue weighted by Gasteiger charge is -2.41. The topological polar surface area (TPSA) is 99.5 Å². The van der Waals surface area contributed by atoms with Crippen molar-refractivity contribution in [3.05, 3.63) is 42.2 Å². The summed E-state index contributed by atoms with van der Waals surface area (Å²) in [6.45, 7) is 0.635. The summed E-state index contributed by atoms with van der Waals surface area (Å²) < 4.78 is 1.67. The number of aromatic nitrogens is 2. The molecule has 0 radical (unpaired) electrons. The number of benzene rings is 1. The molecule has 26 heavy (non-hydrogen) atoms. The van der Waals surface area contributed by atoms with Crippen LogP contribution in [0.2, 0.25) is 0 Å². The Labute approximate surface area is 150 Å². The molecule has 2 aliphatic rings. The number of fused-ring (bicyclic) bond motifs is 1. The summed E-state index contributed by atoms with van der Waals surface area (Å²) in [7, 11) is 1.92. The highest BCUT2D eigenvalue weighted by molar-refractivity contribution is 6.01. The molecule has 0 bridgehead atoms. The zero-order chi connectivity index (χ0) is 18.3. The standard InChI is InChI=1S/C18H21N5O3/c1-22-8-5-16(25)20-12-9-11(3-4-14(12)22)18(26)21-13-10-15(24)17(13)23-7-2-6-19-23/h2-4,6-7,9,13,15,17,24H,5,8,10H2,1H3,(H,20,25)(H,21,26)/t13-,15+,17+/m0/s1. The largest absolute Gasteiger partial charge is 0.391 e. The summed E-state index contributed by atoms with van der Waals surface area (Å²) in [6, 6.07) is 6.63. The van der Waals surface area contributed by atoms with Crippen LogP contribution in [0.3, 0.4) is 0 Å². The molecule has 1 aliphatic carbocycles. The van der Waals surface area contributed by atoms with Crippen molar-refractivity contribution in [1.29, 1.82) is 0 Å². The molecule has 1 fully saturated rings. The fourth-order valence-electron chi connectivity index (χ4n) is 3.54. The smallest absolute Gasteiger partial charge is 0.251 e. The molecule has 2 amide bonds. The maximum Gasteiger partial charge on any atom is 0.251 e. The Morgan fingerprint density at radius 2 is 2.27 bits per heavy atom. The number of aliphatic hydroxyl groups excluding tert-OH is 1. The van der Waals surface area contributed by atoms with E-state index < -0.39 is 6.10 Å². The number of nitrogens with zero attached hydrogens (tertiary/aromatic N) is 3. The number of carbonyl (C=O) groups excluding carboxylic acids is 2. The molecule has 1 aromatic heterocycles. The van der Waals surface area contributed by atoms with Crippen molar-refractivity contribution in [2.45, 2.75) is 31.0 Å². The summed E-state index contributed by atoms with van der Waals surface area (Å²) in [5.74, 6) is -0.294. The molecule has 2 aromatic rings. The van der Waals surface area contributed by atoms with Gasteiger partial charge in [-0.25, -0.2) is 0 Å². The van der Waals surface area contributed by atoms with E-state index in [0.29, 0.717) is 30.6 Å². The number of amides is 2. The highest BCUT2D eigenvalue weighted by atomic mass is 16.3. The minimum atomic E-state index is -0.528. The van der Waals surface area contributed by atoms with Gasteiger partial charge in [-0.05, 0) is 30.7 Å². The van der Waals surface area contributed by atoms with E-state index in [1.54, 1.807) is 35.3 Å². The van der Waals surface area contributed by atoms with Crippen LogP contribution < -0.4 is 15.5 Å². The number of aliphatic hydroxyl groups is 1. The van der Waals surface area contributed by atoms with E-state index in [1.165, 1.54) is 0 Å². The van der Waals surface area contributed by atoms with Crippen LogP contribution in [0.4, 0.5) is 11.4 Å². The normalized spacial score (nSPS) is 24.9. The average Bonchev–Trinajstić information content (AvgIpc) is 3.07. The molecule has 0 unspecified atom stereocenters. The van der Waals surface area contributed by atoms with Crippen molar-refractivity contribution in [3.8, 4) is 0 Å². The van der Waals surface area contributed by atoms with Crippen LogP contribution in [0.1, 0.15) is 29.2 Å². The van der Waals surface area contributed by atoms with Gasteiger partial charge in [-0.2, -0.15) is 5.10 Å². The molecule has 1 aromatic carbocycles. The van der Waals surface area contributed by atoms with Gasteiger partial charge in [-0.3, -0.25) is 14.3 Å². The van der Waals surface area contributed by atoms with Crippen molar-refractivity contribution in [1.82, 2.24) is 15.1 Å². The van der Waals surface area contributed by atoms with Crippen molar-refractivity contribution < 1.29 is 14.7 Å². The minimum Gasteiger partial charge on any atom is -0.391 e. The van der Waals surface area contributed by atoms with Crippen molar-refractivity contribution in [2.24, 2.45) is 0 Å². The van der Waals surface area contributed by atoms with Crippen molar-refractivity contribution in [3.63, 3.8) is 0 Å². The number of hydrogen-bond donors (Lipinski definition) is 3. The van der Waals surface area contributed by atoms with Crippen LogP contribution in [0.5, 0.6) is 0 Å². The first kappa shape index (κ1) is 16.6. The van der Waals surface area contributed by atoms with Crippen LogP contribution in [-0.2, 0) is 4.79 Å². The summed E-state index contributed by atoms with van der Waals surface area (Å²) in [6.07, 6.45) is 3.80. The van der Waals surface area contributed by atoms with Gasteiger partial charge in [0.15, 0.2) is 0 Å². The van der Waals surface area contributed by atoms with Gasteiger partial charge in [0.25, 0.3) is 5.91 Å². The van der Waals surface area contributed by atoms with Gasteiger partial charge in [0.1, 0.15) is 0 Å². The third-order valence-corrected chi connectivity index (χ3v) is 5.07. The first-order chi connectivity index (χ1) is 12.5. The third-order valence-electron chi connectivity index (χ3n) is 5.07. The first-order valence-electron chi connectivity index (χ1n) is 8.66. The Bertz CT molecular complexity index is 835. The van der Waals surface area contributed by atoms with Crippen LogP contribution in [0.25, 0.3) is 0 Å². The lowest BCUT2D eigenvalue weighted by molar-refractivity contribution is -0.115. The first-order valence-corrected chi connectivity index (χ1v) is 8.66. The molecule has 1 aliphatic heterocycles. The van der Waals surface area contributed by atoms with Crippen molar-refractivity contribution in [2.75, 3.05) is 23.8 Å². The summed E-state index contributed by atoms with van der Waals surface area (Å²) >= 11 is 0. The van der Waals surface area contributed by atoms with Gasteiger partial charge in [0.2, 0.25) is 5.91 Å². The molecule has 2 heterocycles. The second-order valence-corrected chi connectivity index (χ2v) is 6.81. The molecule has 4 rings (SSSR count). The highest BCUT2D eigenvalue weighted by Crippen LogP contribution is 2.33. The van der Waals surface area contributed by atoms with Crippen molar-refractivity contribution >= 4 is 23.2 Å².